The Morgan fingerprint density at radius 1 is 1.64 bits per heavy atom. The molecule has 0 saturated carbocycles. The van der Waals surface area contributed by atoms with Crippen molar-refractivity contribution in [1.29, 1.82) is 0 Å². The standard InChI is InChI=1S/C8H9BrN2/c1-11-5-3-6-7(9)2-4-10-8(6)11/h2,4H,3,5H2,1H3. The van der Waals surface area contributed by atoms with Crippen LogP contribution in [0.4, 0.5) is 5.82 Å². The summed E-state index contributed by atoms with van der Waals surface area (Å²) in [7, 11) is 2.07. The Labute approximate surface area is 74.4 Å². The van der Waals surface area contributed by atoms with Crippen LogP contribution in [-0.4, -0.2) is 18.6 Å². The third-order valence-electron chi connectivity index (χ3n) is 2.03. The minimum Gasteiger partial charge on any atom is -0.359 e. The fraction of sp³-hybridized carbons (Fsp3) is 0.375. The van der Waals surface area contributed by atoms with Crippen LogP contribution in [0.2, 0.25) is 0 Å². The smallest absolute Gasteiger partial charge is 0.132 e. The second-order valence-corrected chi connectivity index (χ2v) is 3.62. The number of fused-ring (bicyclic) bond motifs is 1. The maximum atomic E-state index is 4.30. The first kappa shape index (κ1) is 7.10. The molecule has 0 aromatic carbocycles. The number of halogens is 1. The number of likely N-dealkylation sites (N-methyl/N-ethyl adjacent to an activating group) is 1. The van der Waals surface area contributed by atoms with E-state index in [1.807, 2.05) is 12.3 Å². The Balaban J connectivity index is 2.57. The van der Waals surface area contributed by atoms with E-state index in [4.69, 9.17) is 0 Å². The number of nitrogens with zero attached hydrogens (tertiary/aromatic N) is 2. The SMILES string of the molecule is CN1CCc2c(Br)ccnc21. The van der Waals surface area contributed by atoms with Gasteiger partial charge < -0.3 is 4.90 Å². The number of pyridine rings is 1. The highest BCUT2D eigenvalue weighted by molar-refractivity contribution is 9.10. The average molecular weight is 213 g/mol. The molecule has 2 nitrogen and oxygen atoms in total. The van der Waals surface area contributed by atoms with Gasteiger partial charge in [0.05, 0.1) is 0 Å². The van der Waals surface area contributed by atoms with Crippen molar-refractivity contribution in [3.8, 4) is 0 Å². The zero-order valence-corrected chi connectivity index (χ0v) is 7.93. The molecule has 3 heteroatoms. The van der Waals surface area contributed by atoms with E-state index in [-0.39, 0.29) is 0 Å². The first-order chi connectivity index (χ1) is 5.29. The van der Waals surface area contributed by atoms with Gasteiger partial charge in [-0.2, -0.15) is 0 Å². The van der Waals surface area contributed by atoms with Crippen LogP contribution in [0, 0.1) is 0 Å². The van der Waals surface area contributed by atoms with E-state index < -0.39 is 0 Å². The molecule has 11 heavy (non-hydrogen) atoms. The Morgan fingerprint density at radius 2 is 2.45 bits per heavy atom. The van der Waals surface area contributed by atoms with E-state index in [9.17, 15) is 0 Å². The molecule has 0 radical (unpaired) electrons. The summed E-state index contributed by atoms with van der Waals surface area (Å²) < 4.78 is 1.19. The van der Waals surface area contributed by atoms with E-state index in [0.29, 0.717) is 0 Å². The fourth-order valence-electron chi connectivity index (χ4n) is 1.40. The van der Waals surface area contributed by atoms with Crippen molar-refractivity contribution in [3.63, 3.8) is 0 Å². The van der Waals surface area contributed by atoms with Crippen LogP contribution in [0.15, 0.2) is 16.7 Å². The predicted molar refractivity (Wildman–Crippen MR) is 48.9 cm³/mol. The zero-order valence-electron chi connectivity index (χ0n) is 6.34. The quantitative estimate of drug-likeness (QED) is 0.653. The fourth-order valence-corrected chi connectivity index (χ4v) is 1.90. The Kier molecular flexibility index (Phi) is 1.60. The van der Waals surface area contributed by atoms with Gasteiger partial charge in [0, 0.05) is 29.8 Å². The number of hydrogen-bond acceptors (Lipinski definition) is 2. The van der Waals surface area contributed by atoms with E-state index in [1.54, 1.807) is 0 Å². The lowest BCUT2D eigenvalue weighted by atomic mass is 10.2. The van der Waals surface area contributed by atoms with Gasteiger partial charge >= 0.3 is 0 Å². The number of hydrogen-bond donors (Lipinski definition) is 0. The second kappa shape index (κ2) is 2.48. The maximum Gasteiger partial charge on any atom is 0.132 e. The molecule has 0 atom stereocenters. The number of rotatable bonds is 0. The molecular weight excluding hydrogens is 204 g/mol. The third kappa shape index (κ3) is 1.03. The van der Waals surface area contributed by atoms with Gasteiger partial charge in [0.15, 0.2) is 0 Å². The van der Waals surface area contributed by atoms with E-state index in [2.05, 4.69) is 32.9 Å². The highest BCUT2D eigenvalue weighted by Gasteiger charge is 2.18. The van der Waals surface area contributed by atoms with Gasteiger partial charge in [-0.3, -0.25) is 0 Å². The van der Waals surface area contributed by atoms with E-state index >= 15 is 0 Å². The van der Waals surface area contributed by atoms with Crippen molar-refractivity contribution in [2.24, 2.45) is 0 Å². The Morgan fingerprint density at radius 3 is 3.18 bits per heavy atom. The van der Waals surface area contributed by atoms with E-state index in [0.717, 1.165) is 18.8 Å². The van der Waals surface area contributed by atoms with Crippen LogP contribution in [0.1, 0.15) is 5.56 Å². The van der Waals surface area contributed by atoms with Gasteiger partial charge in [0.2, 0.25) is 0 Å². The largest absolute Gasteiger partial charge is 0.359 e. The zero-order chi connectivity index (χ0) is 7.84. The number of anilines is 1. The maximum absolute atomic E-state index is 4.30. The molecule has 0 saturated heterocycles. The molecule has 1 aromatic rings. The van der Waals surface area contributed by atoms with Crippen molar-refractivity contribution in [1.82, 2.24) is 4.98 Å². The van der Waals surface area contributed by atoms with Crippen LogP contribution < -0.4 is 4.90 Å². The molecular formula is C8H9BrN2. The summed E-state index contributed by atoms with van der Waals surface area (Å²) in [6.45, 7) is 1.09. The van der Waals surface area contributed by atoms with Crippen LogP contribution in [-0.2, 0) is 6.42 Å². The van der Waals surface area contributed by atoms with Crippen molar-refractivity contribution in [3.05, 3.63) is 22.3 Å². The Hall–Kier alpha value is -0.570. The summed E-state index contributed by atoms with van der Waals surface area (Å²) in [4.78, 5) is 6.48. The van der Waals surface area contributed by atoms with Crippen LogP contribution in [0.5, 0.6) is 0 Å². The molecule has 1 aliphatic heterocycles. The van der Waals surface area contributed by atoms with Gasteiger partial charge in [0.25, 0.3) is 0 Å². The molecule has 0 amide bonds. The monoisotopic (exact) mass is 212 g/mol. The van der Waals surface area contributed by atoms with Crippen molar-refractivity contribution < 1.29 is 0 Å². The molecule has 1 aliphatic rings. The minimum absolute atomic E-state index is 1.09. The molecule has 0 fully saturated rings. The predicted octanol–water partition coefficient (Wildman–Crippen LogP) is 1.84. The molecule has 0 spiro atoms. The first-order valence-electron chi connectivity index (χ1n) is 3.63. The lowest BCUT2D eigenvalue weighted by Crippen LogP contribution is -2.13. The lowest BCUT2D eigenvalue weighted by Gasteiger charge is -2.09. The van der Waals surface area contributed by atoms with Crippen LogP contribution >= 0.6 is 15.9 Å². The van der Waals surface area contributed by atoms with Gasteiger partial charge in [-0.25, -0.2) is 4.98 Å². The Bertz CT molecular complexity index is 285. The topological polar surface area (TPSA) is 16.1 Å². The van der Waals surface area contributed by atoms with Gasteiger partial charge in [0.1, 0.15) is 5.82 Å². The molecule has 58 valence electrons. The summed E-state index contributed by atoms with van der Waals surface area (Å²) in [5.41, 5.74) is 1.34. The van der Waals surface area contributed by atoms with Crippen LogP contribution in [0.3, 0.4) is 0 Å². The molecule has 1 aromatic heterocycles. The molecule has 2 rings (SSSR count). The lowest BCUT2D eigenvalue weighted by molar-refractivity contribution is 0.945. The molecule has 0 bridgehead atoms. The highest BCUT2D eigenvalue weighted by Crippen LogP contribution is 2.29. The van der Waals surface area contributed by atoms with E-state index in [1.165, 1.54) is 10.0 Å². The third-order valence-corrected chi connectivity index (χ3v) is 2.78. The molecule has 0 aliphatic carbocycles. The van der Waals surface area contributed by atoms with Crippen molar-refractivity contribution in [2.45, 2.75) is 6.42 Å². The van der Waals surface area contributed by atoms with Crippen molar-refractivity contribution >= 4 is 21.7 Å². The minimum atomic E-state index is 1.09. The van der Waals surface area contributed by atoms with Gasteiger partial charge in [-0.1, -0.05) is 15.9 Å². The molecule has 2 heterocycles. The molecule has 0 unspecified atom stereocenters. The average Bonchev–Trinajstić information content (AvgIpc) is 2.35. The molecule has 0 N–H and O–H groups in total. The van der Waals surface area contributed by atoms with Gasteiger partial charge in [-0.05, 0) is 12.5 Å². The number of aromatic nitrogens is 1. The highest BCUT2D eigenvalue weighted by atomic mass is 79.9. The summed E-state index contributed by atoms with van der Waals surface area (Å²) in [5, 5.41) is 0. The summed E-state index contributed by atoms with van der Waals surface area (Å²) in [6, 6.07) is 2.00. The van der Waals surface area contributed by atoms with Crippen LogP contribution in [0.25, 0.3) is 0 Å². The normalized spacial score (nSPS) is 15.3. The summed E-state index contributed by atoms with van der Waals surface area (Å²) in [5.74, 6) is 1.12. The summed E-state index contributed by atoms with van der Waals surface area (Å²) >= 11 is 3.51. The second-order valence-electron chi connectivity index (χ2n) is 2.77. The van der Waals surface area contributed by atoms with Gasteiger partial charge in [-0.15, -0.1) is 0 Å². The van der Waals surface area contributed by atoms with Crippen molar-refractivity contribution in [2.75, 3.05) is 18.5 Å². The summed E-state index contributed by atoms with van der Waals surface area (Å²) in [6.07, 6.45) is 2.95. The first-order valence-corrected chi connectivity index (χ1v) is 4.43.